The number of halogens is 1. The Morgan fingerprint density at radius 1 is 1.03 bits per heavy atom. The summed E-state index contributed by atoms with van der Waals surface area (Å²) in [4.78, 5) is 28.0. The number of carboxylic acids is 1. The molecule has 1 amide bonds. The number of nitrogens with one attached hydrogen (secondary N) is 2. The van der Waals surface area contributed by atoms with Gasteiger partial charge in [0, 0.05) is 5.56 Å². The second-order valence-electron chi connectivity index (χ2n) is 8.57. The molecule has 3 aromatic carbocycles. The maximum atomic E-state index is 14.9. The number of carbonyl (C=O) groups excluding carboxylic acids is 1. The zero-order valence-corrected chi connectivity index (χ0v) is 20.4. The molecule has 0 saturated carbocycles. The summed E-state index contributed by atoms with van der Waals surface area (Å²) >= 11 is 1.48. The van der Waals surface area contributed by atoms with Crippen LogP contribution in [0.25, 0.3) is 21.3 Å². The summed E-state index contributed by atoms with van der Waals surface area (Å²) in [5.74, 6) is -1.54. The summed E-state index contributed by atoms with van der Waals surface area (Å²) in [6, 6.07) is 16.7. The van der Waals surface area contributed by atoms with E-state index >= 15 is 0 Å². The standard InChI is InChI=1S/C27H26FN3O3S.CH4/c1-4-21(26(33)34)29-25(32)17-7-5-16(6-8-17)19-10-11-22(20(28)13-19)30-27-31-23-12-9-18(15(2)3)14-24(23)35-27;/h5-15,21H,4H2,1-3H3,(H,29,32)(H,30,31)(H,33,34);1H4/t21-;/m0./s1. The second-order valence-corrected chi connectivity index (χ2v) is 9.60. The molecule has 0 radical (unpaired) electrons. The Hall–Kier alpha value is -3.78. The lowest BCUT2D eigenvalue weighted by molar-refractivity contribution is -0.139. The number of carbonyl (C=O) groups is 2. The van der Waals surface area contributed by atoms with Crippen LogP contribution in [0.1, 0.15) is 56.5 Å². The lowest BCUT2D eigenvalue weighted by atomic mass is 10.0. The van der Waals surface area contributed by atoms with E-state index in [4.69, 9.17) is 5.11 Å². The van der Waals surface area contributed by atoms with Gasteiger partial charge in [-0.2, -0.15) is 0 Å². The van der Waals surface area contributed by atoms with Gasteiger partial charge >= 0.3 is 5.97 Å². The van der Waals surface area contributed by atoms with Crippen LogP contribution in [-0.4, -0.2) is 28.0 Å². The number of hydrogen-bond donors (Lipinski definition) is 3. The molecule has 3 N–H and O–H groups in total. The van der Waals surface area contributed by atoms with E-state index < -0.39 is 23.7 Å². The first-order valence-electron chi connectivity index (χ1n) is 11.4. The van der Waals surface area contributed by atoms with E-state index in [2.05, 4.69) is 41.6 Å². The Balaban J connectivity index is 0.00000361. The van der Waals surface area contributed by atoms with Crippen molar-refractivity contribution in [2.24, 2.45) is 0 Å². The van der Waals surface area contributed by atoms with E-state index in [9.17, 15) is 14.0 Å². The highest BCUT2D eigenvalue weighted by atomic mass is 32.1. The number of aliphatic carboxylic acids is 1. The van der Waals surface area contributed by atoms with E-state index in [0.29, 0.717) is 27.9 Å². The summed E-state index contributed by atoms with van der Waals surface area (Å²) < 4.78 is 16.0. The van der Waals surface area contributed by atoms with E-state index in [0.717, 1.165) is 15.8 Å². The minimum absolute atomic E-state index is 0. The Kier molecular flexibility index (Phi) is 8.42. The van der Waals surface area contributed by atoms with Crippen LogP contribution in [0.4, 0.5) is 15.2 Å². The largest absolute Gasteiger partial charge is 0.480 e. The van der Waals surface area contributed by atoms with Crippen LogP contribution in [0, 0.1) is 5.82 Å². The fraction of sp³-hybridized carbons (Fsp3) is 0.250. The normalized spacial score (nSPS) is 11.7. The smallest absolute Gasteiger partial charge is 0.326 e. The topological polar surface area (TPSA) is 91.3 Å². The number of hydrogen-bond acceptors (Lipinski definition) is 5. The van der Waals surface area contributed by atoms with Crippen molar-refractivity contribution in [2.45, 2.75) is 46.6 Å². The van der Waals surface area contributed by atoms with Gasteiger partial charge in [-0.3, -0.25) is 4.79 Å². The number of benzene rings is 3. The third kappa shape index (κ3) is 5.88. The van der Waals surface area contributed by atoms with Gasteiger partial charge in [0.15, 0.2) is 5.13 Å². The molecule has 0 spiro atoms. The predicted molar refractivity (Wildman–Crippen MR) is 145 cm³/mol. The molecule has 1 heterocycles. The Bertz CT molecular complexity index is 1380. The van der Waals surface area contributed by atoms with Crippen molar-refractivity contribution in [2.75, 3.05) is 5.32 Å². The molecular weight excluding hydrogens is 477 g/mol. The van der Waals surface area contributed by atoms with Gasteiger partial charge in [0.05, 0.1) is 15.9 Å². The maximum Gasteiger partial charge on any atom is 0.326 e. The average molecular weight is 508 g/mol. The maximum absolute atomic E-state index is 14.9. The van der Waals surface area contributed by atoms with Crippen molar-refractivity contribution >= 4 is 44.2 Å². The molecule has 0 unspecified atom stereocenters. The molecule has 4 rings (SSSR count). The SMILES string of the molecule is C.CC[C@H](NC(=O)c1ccc(-c2ccc(Nc3nc4ccc(C(C)C)cc4s3)c(F)c2)cc1)C(=O)O. The number of anilines is 2. The van der Waals surface area contributed by atoms with Gasteiger partial charge in [0.1, 0.15) is 11.9 Å². The van der Waals surface area contributed by atoms with E-state index in [1.165, 1.54) is 23.0 Å². The number of amides is 1. The van der Waals surface area contributed by atoms with Crippen molar-refractivity contribution in [3.05, 3.63) is 77.6 Å². The quantitative estimate of drug-likeness (QED) is 0.235. The molecule has 0 fully saturated rings. The third-order valence-electron chi connectivity index (χ3n) is 5.78. The molecule has 188 valence electrons. The van der Waals surface area contributed by atoms with Gasteiger partial charge in [-0.05, 0) is 65.4 Å². The Labute approximate surface area is 214 Å². The summed E-state index contributed by atoms with van der Waals surface area (Å²) in [7, 11) is 0. The van der Waals surface area contributed by atoms with E-state index in [1.807, 2.05) is 6.07 Å². The van der Waals surface area contributed by atoms with Gasteiger partial charge in [-0.25, -0.2) is 14.2 Å². The molecule has 4 aromatic rings. The van der Waals surface area contributed by atoms with Gasteiger partial charge in [0.2, 0.25) is 0 Å². The van der Waals surface area contributed by atoms with Crippen LogP contribution in [-0.2, 0) is 4.79 Å². The number of aromatic nitrogens is 1. The fourth-order valence-corrected chi connectivity index (χ4v) is 4.59. The predicted octanol–water partition coefficient (Wildman–Crippen LogP) is 7.20. The van der Waals surface area contributed by atoms with Crippen molar-refractivity contribution in [1.82, 2.24) is 10.3 Å². The third-order valence-corrected chi connectivity index (χ3v) is 6.72. The molecular formula is C28H30FN3O3S. The monoisotopic (exact) mass is 507 g/mol. The zero-order valence-electron chi connectivity index (χ0n) is 19.6. The fourth-order valence-electron chi connectivity index (χ4n) is 3.66. The van der Waals surface area contributed by atoms with Crippen LogP contribution in [0.2, 0.25) is 0 Å². The molecule has 1 atom stereocenters. The molecule has 0 bridgehead atoms. The number of fused-ring (bicyclic) bond motifs is 1. The highest BCUT2D eigenvalue weighted by Gasteiger charge is 2.18. The van der Waals surface area contributed by atoms with Crippen molar-refractivity contribution in [1.29, 1.82) is 0 Å². The zero-order chi connectivity index (χ0) is 25.1. The summed E-state index contributed by atoms with van der Waals surface area (Å²) in [6.07, 6.45) is 0.287. The van der Waals surface area contributed by atoms with Gasteiger partial charge in [-0.1, -0.05) is 63.8 Å². The minimum atomic E-state index is -1.08. The first-order valence-corrected chi connectivity index (χ1v) is 12.2. The van der Waals surface area contributed by atoms with Gasteiger partial charge in [0.25, 0.3) is 5.91 Å². The van der Waals surface area contributed by atoms with Crippen LogP contribution in [0.3, 0.4) is 0 Å². The first kappa shape index (κ1) is 26.8. The van der Waals surface area contributed by atoms with Crippen LogP contribution < -0.4 is 10.6 Å². The van der Waals surface area contributed by atoms with Gasteiger partial charge < -0.3 is 15.7 Å². The number of rotatable bonds is 8. The lowest BCUT2D eigenvalue weighted by Crippen LogP contribution is -2.40. The Morgan fingerprint density at radius 3 is 2.33 bits per heavy atom. The summed E-state index contributed by atoms with van der Waals surface area (Å²) in [6.45, 7) is 5.97. The molecule has 6 nitrogen and oxygen atoms in total. The molecule has 8 heteroatoms. The highest BCUT2D eigenvalue weighted by Crippen LogP contribution is 2.32. The average Bonchev–Trinajstić information content (AvgIpc) is 3.25. The van der Waals surface area contributed by atoms with Crippen molar-refractivity contribution in [3.8, 4) is 11.1 Å². The van der Waals surface area contributed by atoms with Crippen LogP contribution in [0.5, 0.6) is 0 Å². The van der Waals surface area contributed by atoms with Crippen LogP contribution >= 0.6 is 11.3 Å². The van der Waals surface area contributed by atoms with Crippen molar-refractivity contribution < 1.29 is 19.1 Å². The van der Waals surface area contributed by atoms with Crippen LogP contribution in [0.15, 0.2) is 60.7 Å². The molecule has 0 aliphatic carbocycles. The highest BCUT2D eigenvalue weighted by molar-refractivity contribution is 7.22. The number of carboxylic acid groups (broad SMARTS) is 1. The molecule has 0 aliphatic heterocycles. The Morgan fingerprint density at radius 2 is 1.72 bits per heavy atom. The lowest BCUT2D eigenvalue weighted by Gasteiger charge is -2.12. The van der Waals surface area contributed by atoms with E-state index in [1.54, 1.807) is 43.3 Å². The second kappa shape index (κ2) is 11.3. The summed E-state index contributed by atoms with van der Waals surface area (Å²) in [5, 5.41) is 15.3. The summed E-state index contributed by atoms with van der Waals surface area (Å²) in [5.41, 5.74) is 4.16. The van der Waals surface area contributed by atoms with Gasteiger partial charge in [-0.15, -0.1) is 0 Å². The number of thiazole rings is 1. The molecule has 1 aromatic heterocycles. The molecule has 36 heavy (non-hydrogen) atoms. The molecule has 0 aliphatic rings. The number of nitrogens with zero attached hydrogens (tertiary/aromatic N) is 1. The van der Waals surface area contributed by atoms with E-state index in [-0.39, 0.29) is 13.8 Å². The first-order chi connectivity index (χ1) is 16.7. The molecule has 0 saturated heterocycles. The van der Waals surface area contributed by atoms with Crippen molar-refractivity contribution in [3.63, 3.8) is 0 Å². The minimum Gasteiger partial charge on any atom is -0.480 e.